The molecule has 1 fully saturated rings. The van der Waals surface area contributed by atoms with Crippen molar-refractivity contribution < 1.29 is 38.1 Å². The normalized spacial score (nSPS) is 24.9. The number of aliphatic hydroxyl groups is 2. The van der Waals surface area contributed by atoms with Gasteiger partial charge in [0.25, 0.3) is 0 Å². The summed E-state index contributed by atoms with van der Waals surface area (Å²) in [6, 6.07) is 8.55. The number of aromatic nitrogens is 3. The molecule has 1 saturated heterocycles. The number of fused-ring (bicyclic) bond motifs is 1. The smallest absolute Gasteiger partial charge is 0.459 e. The summed E-state index contributed by atoms with van der Waals surface area (Å²) >= 11 is 0. The molecule has 3 heterocycles. The van der Waals surface area contributed by atoms with Crippen molar-refractivity contribution in [1.29, 1.82) is 0 Å². The van der Waals surface area contributed by atoms with E-state index in [1.165, 1.54) is 29.8 Å². The molecular formula is C25H31N6O8P. The van der Waals surface area contributed by atoms with Gasteiger partial charge in [0.15, 0.2) is 11.8 Å². The maximum atomic E-state index is 13.9. The number of nitrogens with zero attached hydrogens (tertiary/aromatic N) is 3. The van der Waals surface area contributed by atoms with E-state index in [1.807, 2.05) is 0 Å². The van der Waals surface area contributed by atoms with Crippen LogP contribution in [0.1, 0.15) is 27.0 Å². The highest BCUT2D eigenvalue weighted by atomic mass is 31.2. The fourth-order valence-electron chi connectivity index (χ4n) is 4.08. The van der Waals surface area contributed by atoms with Crippen LogP contribution in [0.25, 0.3) is 11.0 Å². The Bertz CT molecular complexity index is 1460. The van der Waals surface area contributed by atoms with Crippen LogP contribution in [0.2, 0.25) is 0 Å². The van der Waals surface area contributed by atoms with E-state index in [4.69, 9.17) is 36.4 Å². The predicted octanol–water partition coefficient (Wildman–Crippen LogP) is 1.35. The van der Waals surface area contributed by atoms with Crippen molar-refractivity contribution in [1.82, 2.24) is 19.6 Å². The van der Waals surface area contributed by atoms with E-state index in [-0.39, 0.29) is 23.2 Å². The largest absolute Gasteiger partial charge is 0.462 e. The lowest BCUT2D eigenvalue weighted by molar-refractivity contribution is -0.149. The summed E-state index contributed by atoms with van der Waals surface area (Å²) in [6.07, 6.45) is 2.31. The number of anilines is 2. The summed E-state index contributed by atoms with van der Waals surface area (Å²) < 4.78 is 37.7. The van der Waals surface area contributed by atoms with Crippen LogP contribution >= 0.6 is 7.75 Å². The van der Waals surface area contributed by atoms with Crippen molar-refractivity contribution in [3.63, 3.8) is 0 Å². The highest BCUT2D eigenvalue weighted by molar-refractivity contribution is 7.52. The van der Waals surface area contributed by atoms with Crippen molar-refractivity contribution in [3.05, 3.63) is 42.6 Å². The van der Waals surface area contributed by atoms with Gasteiger partial charge >= 0.3 is 13.7 Å². The van der Waals surface area contributed by atoms with Crippen LogP contribution in [-0.2, 0) is 23.4 Å². The topological polar surface area (TPSA) is 206 Å². The van der Waals surface area contributed by atoms with Crippen molar-refractivity contribution in [3.8, 4) is 18.1 Å². The number of carbonyl (C=O) groups is 1. The van der Waals surface area contributed by atoms with Crippen LogP contribution in [0.5, 0.6) is 5.75 Å². The summed E-state index contributed by atoms with van der Waals surface area (Å²) in [6.45, 7) is 4.05. The molecule has 1 aliphatic heterocycles. The van der Waals surface area contributed by atoms with E-state index in [1.54, 1.807) is 38.1 Å². The second-order valence-corrected chi connectivity index (χ2v) is 11.1. The number of nitrogen functional groups attached to an aromatic ring is 2. The lowest BCUT2D eigenvalue weighted by atomic mass is 9.97. The Morgan fingerprint density at radius 2 is 1.95 bits per heavy atom. The van der Waals surface area contributed by atoms with E-state index in [2.05, 4.69) is 21.0 Å². The molecule has 14 nitrogen and oxygen atoms in total. The van der Waals surface area contributed by atoms with E-state index < -0.39 is 56.5 Å². The first-order valence-corrected chi connectivity index (χ1v) is 13.8. The summed E-state index contributed by atoms with van der Waals surface area (Å²) in [5.74, 6) is 1.77. The Kier molecular flexibility index (Phi) is 8.36. The third-order valence-corrected chi connectivity index (χ3v) is 7.66. The Balaban J connectivity index is 1.61. The molecule has 1 unspecified atom stereocenters. The number of nitrogens with one attached hydrogen (secondary N) is 1. The minimum atomic E-state index is -4.36. The molecular weight excluding hydrogens is 543 g/mol. The number of benzene rings is 1. The number of esters is 1. The highest BCUT2D eigenvalue weighted by Gasteiger charge is 2.56. The molecule has 214 valence electrons. The molecule has 0 saturated carbocycles. The molecule has 0 bridgehead atoms. The maximum absolute atomic E-state index is 13.9. The zero-order chi connectivity index (χ0) is 29.2. The standard InChI is InChI=1S/C25H31N6O8P/c1-5-25(19(33)18(32)22(38-25)31-12-11-17-20(26)28-24(27)29-21(17)31)13-36-40(35,39-16-9-7-6-8-10-16)30-15(4)23(34)37-14(2)3/h1,6-12,14-15,18-19,22,32-33H,13H2,2-4H3,(H,30,35)(H4,26,27,28,29)/t15-,18?,19+,22+,25+,40-/m0/s1. The van der Waals surface area contributed by atoms with Crippen molar-refractivity contribution in [2.75, 3.05) is 18.1 Å². The van der Waals surface area contributed by atoms with Crippen molar-refractivity contribution in [2.24, 2.45) is 0 Å². The van der Waals surface area contributed by atoms with Gasteiger partial charge in [-0.1, -0.05) is 24.1 Å². The minimum absolute atomic E-state index is 0.107. The average Bonchev–Trinajstić information content (AvgIpc) is 3.42. The van der Waals surface area contributed by atoms with Gasteiger partial charge in [-0.25, -0.2) is 4.57 Å². The molecule has 0 amide bonds. The summed E-state index contributed by atoms with van der Waals surface area (Å²) in [4.78, 5) is 20.5. The fraction of sp³-hybridized carbons (Fsp3) is 0.400. The zero-order valence-corrected chi connectivity index (χ0v) is 22.9. The van der Waals surface area contributed by atoms with Gasteiger partial charge in [-0.3, -0.25) is 9.32 Å². The van der Waals surface area contributed by atoms with Crippen LogP contribution in [-0.4, -0.2) is 67.3 Å². The molecule has 3 aromatic rings. The number of nitrogens with two attached hydrogens (primary N) is 2. The molecule has 4 rings (SSSR count). The summed E-state index contributed by atoms with van der Waals surface area (Å²) in [5.41, 5.74) is 9.89. The Hall–Kier alpha value is -3.70. The van der Waals surface area contributed by atoms with Gasteiger partial charge in [-0.15, -0.1) is 6.42 Å². The van der Waals surface area contributed by atoms with Crippen LogP contribution in [0.15, 0.2) is 42.6 Å². The molecule has 40 heavy (non-hydrogen) atoms. The van der Waals surface area contributed by atoms with E-state index in [9.17, 15) is 19.6 Å². The Labute approximate surface area is 230 Å². The molecule has 7 N–H and O–H groups in total. The second kappa shape index (κ2) is 11.4. The molecule has 0 spiro atoms. The van der Waals surface area contributed by atoms with Crippen molar-refractivity contribution in [2.45, 2.75) is 57.0 Å². The average molecular weight is 575 g/mol. The fourth-order valence-corrected chi connectivity index (χ4v) is 5.60. The minimum Gasteiger partial charge on any atom is -0.462 e. The Morgan fingerprint density at radius 1 is 1.25 bits per heavy atom. The van der Waals surface area contributed by atoms with Crippen LogP contribution < -0.4 is 21.1 Å². The Morgan fingerprint density at radius 3 is 2.60 bits per heavy atom. The van der Waals surface area contributed by atoms with E-state index >= 15 is 0 Å². The van der Waals surface area contributed by atoms with Crippen LogP contribution in [0.3, 0.4) is 0 Å². The number of ether oxygens (including phenoxy) is 2. The van der Waals surface area contributed by atoms with Crippen LogP contribution in [0.4, 0.5) is 11.8 Å². The van der Waals surface area contributed by atoms with Gasteiger partial charge in [-0.05, 0) is 39.0 Å². The third kappa shape index (κ3) is 5.90. The van der Waals surface area contributed by atoms with Gasteiger partial charge in [0.1, 0.15) is 42.1 Å². The summed E-state index contributed by atoms with van der Waals surface area (Å²) in [5, 5.41) is 24.9. The third-order valence-electron chi connectivity index (χ3n) is 6.04. The van der Waals surface area contributed by atoms with E-state index in [0.717, 1.165) is 0 Å². The maximum Gasteiger partial charge on any atom is 0.459 e. The van der Waals surface area contributed by atoms with Gasteiger partial charge in [0.2, 0.25) is 5.95 Å². The molecule has 6 atom stereocenters. The van der Waals surface area contributed by atoms with Gasteiger partial charge < -0.3 is 40.2 Å². The number of hydrogen-bond acceptors (Lipinski definition) is 12. The predicted molar refractivity (Wildman–Crippen MR) is 145 cm³/mol. The molecule has 0 radical (unpaired) electrons. The first kappa shape index (κ1) is 29.3. The molecule has 15 heteroatoms. The second-order valence-electron chi connectivity index (χ2n) is 9.42. The SMILES string of the molecule is C#C[C@]1(CO[P@@](=O)(N[C@@H](C)C(=O)OC(C)C)Oc2ccccc2)O[C@@H](n2ccc3c(N)nc(N)nc32)C(O)[C@H]1O. The first-order chi connectivity index (χ1) is 18.9. The lowest BCUT2D eigenvalue weighted by Gasteiger charge is -2.29. The highest BCUT2D eigenvalue weighted by Crippen LogP contribution is 2.48. The number of terminal acetylenes is 1. The first-order valence-electron chi connectivity index (χ1n) is 12.3. The number of para-hydroxylation sites is 1. The molecule has 1 aliphatic rings. The van der Waals surface area contributed by atoms with Gasteiger partial charge in [0, 0.05) is 6.20 Å². The summed E-state index contributed by atoms with van der Waals surface area (Å²) in [7, 11) is -4.36. The number of aliphatic hydroxyl groups excluding tert-OH is 2. The quantitative estimate of drug-likeness (QED) is 0.132. The monoisotopic (exact) mass is 574 g/mol. The number of carbonyl (C=O) groups excluding carboxylic acids is 1. The van der Waals surface area contributed by atoms with E-state index in [0.29, 0.717) is 5.39 Å². The zero-order valence-electron chi connectivity index (χ0n) is 22.0. The molecule has 1 aromatic carbocycles. The van der Waals surface area contributed by atoms with Gasteiger partial charge in [0.05, 0.1) is 11.5 Å². The lowest BCUT2D eigenvalue weighted by Crippen LogP contribution is -2.46. The van der Waals surface area contributed by atoms with Crippen LogP contribution in [0, 0.1) is 12.3 Å². The molecule has 2 aromatic heterocycles. The van der Waals surface area contributed by atoms with Gasteiger partial charge in [-0.2, -0.15) is 15.1 Å². The number of rotatable bonds is 10. The van der Waals surface area contributed by atoms with Crippen molar-refractivity contribution >= 4 is 36.5 Å². The number of hydrogen-bond donors (Lipinski definition) is 5. The molecule has 0 aliphatic carbocycles.